The van der Waals surface area contributed by atoms with E-state index in [0.717, 1.165) is 28.9 Å². The summed E-state index contributed by atoms with van der Waals surface area (Å²) in [6.45, 7) is 2.53. The maximum atomic E-state index is 13.0. The van der Waals surface area contributed by atoms with Gasteiger partial charge in [0.15, 0.2) is 0 Å². The molecule has 176 valence electrons. The highest BCUT2D eigenvalue weighted by Gasteiger charge is 2.29. The largest absolute Gasteiger partial charge is 0.508 e. The van der Waals surface area contributed by atoms with Crippen LogP contribution in [0.25, 0.3) is 11.1 Å². The van der Waals surface area contributed by atoms with E-state index in [1.54, 1.807) is 17.9 Å². The Balaban J connectivity index is 1.65. The van der Waals surface area contributed by atoms with Gasteiger partial charge in [-0.25, -0.2) is 0 Å². The molecule has 0 unspecified atom stereocenters. The molecule has 1 heterocycles. The molecule has 3 aromatic rings. The summed E-state index contributed by atoms with van der Waals surface area (Å²) in [6, 6.07) is 18.4. The third kappa shape index (κ3) is 4.81. The number of rotatable bonds is 6. The summed E-state index contributed by atoms with van der Waals surface area (Å²) in [4.78, 5) is 27.0. The molecule has 4 N–H and O–H groups in total. The molecule has 0 aromatic heterocycles. The zero-order chi connectivity index (χ0) is 24.2. The normalized spacial score (nSPS) is 15.0. The lowest BCUT2D eigenvalue weighted by Gasteiger charge is -2.34. The smallest absolute Gasteiger partial charge is 0.251 e. The summed E-state index contributed by atoms with van der Waals surface area (Å²) in [5.74, 6) is -0.487. The van der Waals surface area contributed by atoms with Crippen LogP contribution in [-0.4, -0.2) is 35.6 Å². The number of anilines is 1. The molecule has 0 saturated heterocycles. The molecule has 1 atom stereocenters. The number of fused-ring (bicyclic) bond motifs is 1. The number of phenols is 1. The lowest BCUT2D eigenvalue weighted by molar-refractivity contribution is -0.116. The molecule has 1 aliphatic heterocycles. The van der Waals surface area contributed by atoms with Gasteiger partial charge < -0.3 is 25.7 Å². The molecule has 0 aliphatic carbocycles. The van der Waals surface area contributed by atoms with E-state index in [0.29, 0.717) is 24.1 Å². The van der Waals surface area contributed by atoms with Crippen LogP contribution in [0, 0.1) is 0 Å². The predicted octanol–water partition coefficient (Wildman–Crippen LogP) is 3.50. The Morgan fingerprint density at radius 2 is 1.76 bits per heavy atom. The van der Waals surface area contributed by atoms with Gasteiger partial charge in [-0.05, 0) is 60.0 Å². The summed E-state index contributed by atoms with van der Waals surface area (Å²) in [7, 11) is 1.91. The maximum absolute atomic E-state index is 13.0. The first-order valence-electron chi connectivity index (χ1n) is 11.3. The zero-order valence-corrected chi connectivity index (χ0v) is 19.3. The number of hydrogen-bond donors (Lipinski definition) is 4. The van der Waals surface area contributed by atoms with Gasteiger partial charge in [-0.15, -0.1) is 0 Å². The van der Waals surface area contributed by atoms with Crippen LogP contribution in [0.1, 0.15) is 46.4 Å². The van der Waals surface area contributed by atoms with Crippen molar-refractivity contribution in [1.82, 2.24) is 10.6 Å². The van der Waals surface area contributed by atoms with Crippen LogP contribution in [0.4, 0.5) is 5.69 Å². The highest BCUT2D eigenvalue weighted by Crippen LogP contribution is 2.37. The number of nitrogens with one attached hydrogen (secondary N) is 2. The zero-order valence-electron chi connectivity index (χ0n) is 19.3. The Morgan fingerprint density at radius 3 is 2.41 bits per heavy atom. The summed E-state index contributed by atoms with van der Waals surface area (Å²) in [5.41, 5.74) is 5.58. The van der Waals surface area contributed by atoms with Crippen molar-refractivity contribution in [2.75, 3.05) is 18.5 Å². The minimum atomic E-state index is -0.325. The van der Waals surface area contributed by atoms with E-state index in [4.69, 9.17) is 0 Å². The maximum Gasteiger partial charge on any atom is 0.251 e. The van der Waals surface area contributed by atoms with Crippen LogP contribution in [-0.2, 0) is 17.9 Å². The summed E-state index contributed by atoms with van der Waals surface area (Å²) >= 11 is 0. The van der Waals surface area contributed by atoms with Gasteiger partial charge in [0.25, 0.3) is 5.91 Å². The van der Waals surface area contributed by atoms with E-state index >= 15 is 0 Å². The molecule has 7 nitrogen and oxygen atoms in total. The number of aromatic hydroxyl groups is 1. The number of carbonyl (C=O) groups is 2. The van der Waals surface area contributed by atoms with Gasteiger partial charge in [-0.2, -0.15) is 0 Å². The molecular formula is C27H29N3O4. The molecule has 4 rings (SSSR count). The van der Waals surface area contributed by atoms with E-state index in [-0.39, 0.29) is 30.2 Å². The molecule has 1 aliphatic rings. The van der Waals surface area contributed by atoms with Crippen LogP contribution in [0.15, 0.2) is 60.7 Å². The van der Waals surface area contributed by atoms with Gasteiger partial charge in [0.2, 0.25) is 5.91 Å². The van der Waals surface area contributed by atoms with Crippen LogP contribution in [0.2, 0.25) is 0 Å². The molecule has 2 amide bonds. The summed E-state index contributed by atoms with van der Waals surface area (Å²) in [6.07, 6.45) is 0.573. The molecule has 34 heavy (non-hydrogen) atoms. The van der Waals surface area contributed by atoms with Crippen molar-refractivity contribution >= 4 is 17.5 Å². The second kappa shape index (κ2) is 10.1. The number of hydrogen-bond acceptors (Lipinski definition) is 5. The van der Waals surface area contributed by atoms with Crippen LogP contribution in [0.5, 0.6) is 5.75 Å². The van der Waals surface area contributed by atoms with Crippen molar-refractivity contribution in [2.24, 2.45) is 0 Å². The molecule has 0 spiro atoms. The predicted molar refractivity (Wildman–Crippen MR) is 132 cm³/mol. The van der Waals surface area contributed by atoms with Gasteiger partial charge in [0.1, 0.15) is 5.75 Å². The highest BCUT2D eigenvalue weighted by atomic mass is 16.3. The topological polar surface area (TPSA) is 102 Å². The lowest BCUT2D eigenvalue weighted by atomic mass is 9.92. The Labute approximate surface area is 199 Å². The van der Waals surface area contributed by atoms with Crippen molar-refractivity contribution in [1.29, 1.82) is 0 Å². The quantitative estimate of drug-likeness (QED) is 0.452. The average Bonchev–Trinajstić information content (AvgIpc) is 2.84. The van der Waals surface area contributed by atoms with Crippen LogP contribution in [0.3, 0.4) is 0 Å². The monoisotopic (exact) mass is 459 g/mol. The highest BCUT2D eigenvalue weighted by molar-refractivity contribution is 5.96. The number of carbonyl (C=O) groups excluding carboxylic acids is 2. The summed E-state index contributed by atoms with van der Waals surface area (Å²) < 4.78 is 0. The van der Waals surface area contributed by atoms with E-state index in [1.807, 2.05) is 25.2 Å². The van der Waals surface area contributed by atoms with Gasteiger partial charge in [0, 0.05) is 36.8 Å². The molecule has 0 bridgehead atoms. The van der Waals surface area contributed by atoms with Crippen LogP contribution < -0.4 is 15.5 Å². The first kappa shape index (κ1) is 23.5. The van der Waals surface area contributed by atoms with E-state index in [1.165, 1.54) is 17.7 Å². The number of nitrogens with zero attached hydrogens (tertiary/aromatic N) is 1. The standard InChI is InChI=1S/C27H29N3O4/c1-17(32)30-12-11-24(29-27(34)21-7-8-22(16-31)26(33)14-21)23-13-20(9-10-25(23)30)19-5-3-18(4-6-19)15-28-2/h3-10,13-14,24,28,31,33H,11-12,15-16H2,1-2H3,(H,29,34)/t24-/m1/s1. The molecule has 0 saturated carbocycles. The fraction of sp³-hybridized carbons (Fsp3) is 0.259. The van der Waals surface area contributed by atoms with E-state index in [9.17, 15) is 19.8 Å². The van der Waals surface area contributed by atoms with Gasteiger partial charge in [-0.3, -0.25) is 9.59 Å². The van der Waals surface area contributed by atoms with Gasteiger partial charge in [-0.1, -0.05) is 36.4 Å². The molecular weight excluding hydrogens is 430 g/mol. The second-order valence-corrected chi connectivity index (χ2v) is 8.49. The minimum Gasteiger partial charge on any atom is -0.508 e. The SMILES string of the molecule is CNCc1ccc(-c2ccc3c(c2)[C@H](NC(=O)c2ccc(CO)c(O)c2)CCN3C(C)=O)cc1. The number of aliphatic hydroxyl groups excluding tert-OH is 1. The molecule has 3 aromatic carbocycles. The third-order valence-electron chi connectivity index (χ3n) is 6.21. The Kier molecular flexibility index (Phi) is 6.95. The Bertz CT molecular complexity index is 1210. The Morgan fingerprint density at radius 1 is 1.03 bits per heavy atom. The molecule has 0 fully saturated rings. The number of amides is 2. The van der Waals surface area contributed by atoms with Crippen molar-refractivity contribution in [3.05, 3.63) is 82.9 Å². The fourth-order valence-corrected chi connectivity index (χ4v) is 4.37. The van der Waals surface area contributed by atoms with E-state index < -0.39 is 0 Å². The fourth-order valence-electron chi connectivity index (χ4n) is 4.37. The third-order valence-corrected chi connectivity index (χ3v) is 6.21. The Hall–Kier alpha value is -3.68. The molecule has 7 heteroatoms. The van der Waals surface area contributed by atoms with Gasteiger partial charge >= 0.3 is 0 Å². The van der Waals surface area contributed by atoms with E-state index in [2.05, 4.69) is 34.9 Å². The number of aliphatic hydroxyl groups is 1. The van der Waals surface area contributed by atoms with Gasteiger partial charge in [0.05, 0.1) is 12.6 Å². The minimum absolute atomic E-state index is 0.0419. The van der Waals surface area contributed by atoms with Crippen molar-refractivity contribution in [3.63, 3.8) is 0 Å². The first-order valence-corrected chi connectivity index (χ1v) is 11.3. The second-order valence-electron chi connectivity index (χ2n) is 8.49. The molecule has 0 radical (unpaired) electrons. The average molecular weight is 460 g/mol. The van der Waals surface area contributed by atoms with Crippen LogP contribution >= 0.6 is 0 Å². The summed E-state index contributed by atoms with van der Waals surface area (Å²) in [5, 5.41) is 25.5. The van der Waals surface area contributed by atoms with Crippen molar-refractivity contribution < 1.29 is 19.8 Å². The lowest BCUT2D eigenvalue weighted by Crippen LogP contribution is -2.40. The van der Waals surface area contributed by atoms with Crippen molar-refractivity contribution in [2.45, 2.75) is 32.5 Å². The number of benzene rings is 3. The first-order chi connectivity index (χ1) is 16.4. The van der Waals surface area contributed by atoms with Crippen molar-refractivity contribution in [3.8, 4) is 16.9 Å².